The minimum Gasteiger partial charge on any atom is -0.363 e. The maximum atomic E-state index is 5.63. The minimum atomic E-state index is 0.162. The molecule has 21 heavy (non-hydrogen) atoms. The molecule has 0 bridgehead atoms. The fourth-order valence-electron chi connectivity index (χ4n) is 2.35. The third-order valence-corrected chi connectivity index (χ3v) is 3.61. The van der Waals surface area contributed by atoms with Crippen LogP contribution in [-0.4, -0.2) is 9.97 Å². The van der Waals surface area contributed by atoms with Gasteiger partial charge in [0.05, 0.1) is 5.52 Å². The van der Waals surface area contributed by atoms with E-state index in [2.05, 4.69) is 46.5 Å². The first-order valence-electron chi connectivity index (χ1n) is 7.03. The van der Waals surface area contributed by atoms with Crippen molar-refractivity contribution >= 4 is 16.7 Å². The minimum absolute atomic E-state index is 0.162. The molecule has 0 radical (unpaired) electrons. The predicted molar refractivity (Wildman–Crippen MR) is 85.9 cm³/mol. The summed E-state index contributed by atoms with van der Waals surface area (Å²) in [5.74, 6) is 0.857. The molecule has 0 aliphatic carbocycles. The smallest absolute Gasteiger partial charge is 0.137 e. The molecule has 4 nitrogen and oxygen atoms in total. The number of benzene rings is 2. The van der Waals surface area contributed by atoms with E-state index in [1.165, 1.54) is 5.56 Å². The first-order valence-corrected chi connectivity index (χ1v) is 7.03. The van der Waals surface area contributed by atoms with Gasteiger partial charge in [-0.15, -0.1) is 0 Å². The van der Waals surface area contributed by atoms with Crippen LogP contribution in [0.2, 0.25) is 0 Å². The van der Waals surface area contributed by atoms with E-state index in [0.717, 1.165) is 22.3 Å². The molecule has 0 saturated heterocycles. The molecule has 3 aromatic rings. The maximum Gasteiger partial charge on any atom is 0.137 e. The van der Waals surface area contributed by atoms with Gasteiger partial charge in [0.1, 0.15) is 12.1 Å². The molecule has 3 rings (SSSR count). The lowest BCUT2D eigenvalue weighted by Crippen LogP contribution is -2.09. The summed E-state index contributed by atoms with van der Waals surface area (Å²) in [4.78, 5) is 8.64. The van der Waals surface area contributed by atoms with Crippen molar-refractivity contribution in [2.75, 3.05) is 5.32 Å². The lowest BCUT2D eigenvalue weighted by atomic mass is 10.1. The van der Waals surface area contributed by atoms with Crippen molar-refractivity contribution in [2.24, 2.45) is 5.73 Å². The van der Waals surface area contributed by atoms with Gasteiger partial charge in [-0.2, -0.15) is 0 Å². The Hall–Kier alpha value is -2.46. The van der Waals surface area contributed by atoms with Crippen LogP contribution in [0.3, 0.4) is 0 Å². The highest BCUT2D eigenvalue weighted by molar-refractivity contribution is 5.88. The van der Waals surface area contributed by atoms with Crippen LogP contribution < -0.4 is 11.1 Å². The van der Waals surface area contributed by atoms with Crippen LogP contribution >= 0.6 is 0 Å². The second-order valence-electron chi connectivity index (χ2n) is 5.05. The van der Waals surface area contributed by atoms with Gasteiger partial charge in [-0.1, -0.05) is 36.4 Å². The summed E-state index contributed by atoms with van der Waals surface area (Å²) in [6, 6.07) is 16.5. The van der Waals surface area contributed by atoms with E-state index < -0.39 is 0 Å². The highest BCUT2D eigenvalue weighted by atomic mass is 15.0. The number of para-hydroxylation sites is 1. The summed E-state index contributed by atoms with van der Waals surface area (Å²) in [5.41, 5.74) is 8.92. The second kappa shape index (κ2) is 5.89. The zero-order valence-corrected chi connectivity index (χ0v) is 12.0. The molecule has 1 unspecified atom stereocenters. The van der Waals surface area contributed by atoms with Crippen molar-refractivity contribution in [1.82, 2.24) is 9.97 Å². The summed E-state index contributed by atoms with van der Waals surface area (Å²) in [6.07, 6.45) is 1.59. The lowest BCUT2D eigenvalue weighted by Gasteiger charge is -2.16. The van der Waals surface area contributed by atoms with Crippen LogP contribution in [-0.2, 0) is 6.54 Å². The van der Waals surface area contributed by atoms with Crippen molar-refractivity contribution in [2.45, 2.75) is 19.5 Å². The summed E-state index contributed by atoms with van der Waals surface area (Å²) in [7, 11) is 0. The molecule has 0 aliphatic heterocycles. The van der Waals surface area contributed by atoms with E-state index in [1.54, 1.807) is 6.33 Å². The van der Waals surface area contributed by atoms with Crippen molar-refractivity contribution in [1.29, 1.82) is 0 Å². The first kappa shape index (κ1) is 13.5. The average molecular weight is 278 g/mol. The highest BCUT2D eigenvalue weighted by Crippen LogP contribution is 2.23. The lowest BCUT2D eigenvalue weighted by molar-refractivity contribution is 0.873. The number of hydrogen-bond acceptors (Lipinski definition) is 4. The number of fused-ring (bicyclic) bond motifs is 1. The Morgan fingerprint density at radius 3 is 2.57 bits per heavy atom. The van der Waals surface area contributed by atoms with Crippen LogP contribution in [0, 0.1) is 0 Å². The Kier molecular flexibility index (Phi) is 3.79. The quantitative estimate of drug-likeness (QED) is 0.769. The van der Waals surface area contributed by atoms with Gasteiger partial charge in [-0.25, -0.2) is 9.97 Å². The van der Waals surface area contributed by atoms with Crippen molar-refractivity contribution < 1.29 is 0 Å². The van der Waals surface area contributed by atoms with Gasteiger partial charge in [-0.05, 0) is 30.2 Å². The van der Waals surface area contributed by atoms with E-state index >= 15 is 0 Å². The van der Waals surface area contributed by atoms with Crippen molar-refractivity contribution in [3.05, 3.63) is 66.0 Å². The van der Waals surface area contributed by atoms with Gasteiger partial charge >= 0.3 is 0 Å². The Labute approximate surface area is 124 Å². The molecule has 106 valence electrons. The number of aromatic nitrogens is 2. The molecule has 3 N–H and O–H groups in total. The third kappa shape index (κ3) is 2.85. The van der Waals surface area contributed by atoms with Gasteiger partial charge in [-0.3, -0.25) is 0 Å². The van der Waals surface area contributed by atoms with Gasteiger partial charge in [0, 0.05) is 18.0 Å². The maximum absolute atomic E-state index is 5.63. The van der Waals surface area contributed by atoms with E-state index in [9.17, 15) is 0 Å². The number of hydrogen-bond donors (Lipinski definition) is 2. The van der Waals surface area contributed by atoms with E-state index in [1.807, 2.05) is 24.3 Å². The summed E-state index contributed by atoms with van der Waals surface area (Å²) < 4.78 is 0. The normalized spacial score (nSPS) is 12.3. The summed E-state index contributed by atoms with van der Waals surface area (Å²) in [6.45, 7) is 2.69. The van der Waals surface area contributed by atoms with E-state index in [0.29, 0.717) is 6.54 Å². The monoisotopic (exact) mass is 278 g/mol. The van der Waals surface area contributed by atoms with Gasteiger partial charge in [0.15, 0.2) is 0 Å². The van der Waals surface area contributed by atoms with Crippen molar-refractivity contribution in [3.63, 3.8) is 0 Å². The fourth-order valence-corrected chi connectivity index (χ4v) is 2.35. The van der Waals surface area contributed by atoms with Crippen molar-refractivity contribution in [3.8, 4) is 0 Å². The molecule has 0 saturated carbocycles. The topological polar surface area (TPSA) is 63.8 Å². The standard InChI is InChI=1S/C17H18N4/c1-12(14-8-6-13(10-18)7-9-14)21-17-15-4-2-3-5-16(15)19-11-20-17/h2-9,11-12H,10,18H2,1H3,(H,19,20,21). The molecule has 0 spiro atoms. The molecule has 1 heterocycles. The molecule has 1 atom stereocenters. The third-order valence-electron chi connectivity index (χ3n) is 3.61. The Balaban J connectivity index is 1.87. The molecule has 2 aromatic carbocycles. The largest absolute Gasteiger partial charge is 0.363 e. The van der Waals surface area contributed by atoms with Gasteiger partial charge in [0.25, 0.3) is 0 Å². The molecule has 0 aliphatic rings. The zero-order valence-electron chi connectivity index (χ0n) is 12.0. The molecule has 0 fully saturated rings. The Morgan fingerprint density at radius 1 is 1.05 bits per heavy atom. The van der Waals surface area contributed by atoms with Crippen LogP contribution in [0.15, 0.2) is 54.9 Å². The summed E-state index contributed by atoms with van der Waals surface area (Å²) >= 11 is 0. The van der Waals surface area contributed by atoms with Crippen LogP contribution in [0.25, 0.3) is 10.9 Å². The number of nitrogens with two attached hydrogens (primary N) is 1. The average Bonchev–Trinajstić information content (AvgIpc) is 2.55. The second-order valence-corrected chi connectivity index (χ2v) is 5.05. The predicted octanol–water partition coefficient (Wildman–Crippen LogP) is 3.26. The molecule has 0 amide bonds. The van der Waals surface area contributed by atoms with Crippen LogP contribution in [0.5, 0.6) is 0 Å². The van der Waals surface area contributed by atoms with Crippen LogP contribution in [0.4, 0.5) is 5.82 Å². The Morgan fingerprint density at radius 2 is 1.81 bits per heavy atom. The highest BCUT2D eigenvalue weighted by Gasteiger charge is 2.09. The zero-order chi connectivity index (χ0) is 14.7. The molecular weight excluding hydrogens is 260 g/mol. The van der Waals surface area contributed by atoms with E-state index in [-0.39, 0.29) is 6.04 Å². The Bertz CT molecular complexity index is 732. The van der Waals surface area contributed by atoms with Crippen LogP contribution in [0.1, 0.15) is 24.1 Å². The molecular formula is C17H18N4. The summed E-state index contributed by atoms with van der Waals surface area (Å²) in [5, 5.41) is 4.49. The number of nitrogens with zero attached hydrogens (tertiary/aromatic N) is 2. The molecule has 4 heteroatoms. The van der Waals surface area contributed by atoms with Gasteiger partial charge in [0.2, 0.25) is 0 Å². The number of nitrogens with one attached hydrogen (secondary N) is 1. The number of rotatable bonds is 4. The van der Waals surface area contributed by atoms with E-state index in [4.69, 9.17) is 5.73 Å². The fraction of sp³-hybridized carbons (Fsp3) is 0.176. The van der Waals surface area contributed by atoms with Gasteiger partial charge < -0.3 is 11.1 Å². The first-order chi connectivity index (χ1) is 10.3. The number of anilines is 1. The molecule has 1 aromatic heterocycles. The SMILES string of the molecule is CC(Nc1ncnc2ccccc12)c1ccc(CN)cc1.